The number of rotatable bonds is 20. The lowest BCUT2D eigenvalue weighted by Crippen LogP contribution is -2.47. The second kappa shape index (κ2) is 40.2. The summed E-state index contributed by atoms with van der Waals surface area (Å²) in [5.74, 6) is -1.60. The standard InChI is InChI=1S/C15H10ClF3N2O6S.C15H22ClNO2.C11H11Cl2NO2.C8H14ClN5.C3H8NO5P.C3H9S/c1-28(25,26)20-14(22)10-7-9(3-4-12(10)21(23)24)27-13-5-2-8(6-11(13)16)15(17,18)19;1-5-13-8-6-7-11(2)15(13)17(14(18)9-16)12(3)10-19-4;1-7-6-16-9-5-3-2-4-8(9)14(7)11(15)10(12)13;1-4-10-7-12-6(9)13-8(14-7)11-5(2)3;5-3(6)1-4-2-10(7,8)9;1-4(2)3/h2-7H,1H3,(H,20,22);6-8,12H,5,9-10H2,1-4H3;2-5,7,10H,6H2,1H3;5H,4H2,1-3H3,(H2,10,11,12,13,14);4H,1-2H2,(H,5,6)(H2,7,8,9);1-3H3/q;;;;;+1/p-1. The molecule has 0 bridgehead atoms. The number of carbonyl (C=O) groups excluding carboxylic acids is 3. The number of fused-ring (bicyclic) bond motifs is 1. The molecular weight excluding hydrogens is 1370 g/mol. The Kier molecular flexibility index (Phi) is 36.6. The van der Waals surface area contributed by atoms with Gasteiger partial charge < -0.3 is 54.1 Å². The molecule has 1 aliphatic rings. The first-order chi connectivity index (χ1) is 42.2. The van der Waals surface area contributed by atoms with Crippen molar-refractivity contribution in [2.45, 2.75) is 84.0 Å². The summed E-state index contributed by atoms with van der Waals surface area (Å²) in [5, 5.41) is 26.9. The number of alkyl halides is 6. The largest absolute Gasteiger partial charge is 0.778 e. The average Bonchev–Trinajstić information content (AvgIpc) is 1.38. The zero-order chi connectivity index (χ0) is 69.7. The number of nitro benzene ring substituents is 1. The van der Waals surface area contributed by atoms with Crippen LogP contribution in [0, 0.1) is 17.0 Å². The lowest BCUT2D eigenvalue weighted by atomic mass is 10.0. The first-order valence-electron chi connectivity index (χ1n) is 26.7. The van der Waals surface area contributed by atoms with Crippen LogP contribution in [0.1, 0.15) is 68.6 Å². The Hall–Kier alpha value is -6.02. The lowest BCUT2D eigenvalue weighted by molar-refractivity contribution is -0.385. The number of para-hydroxylation sites is 3. The lowest BCUT2D eigenvalue weighted by Gasteiger charge is -2.35. The number of amides is 3. The monoisotopic (exact) mass is 1440 g/mol. The third kappa shape index (κ3) is 31.4. The number of hydrogen-bond acceptors (Lipinski definition) is 19. The van der Waals surface area contributed by atoms with Crippen molar-refractivity contribution in [3.05, 3.63) is 122 Å². The quantitative estimate of drug-likeness (QED) is 0.0139. The van der Waals surface area contributed by atoms with Crippen molar-refractivity contribution in [2.75, 3.05) is 91.0 Å². The highest BCUT2D eigenvalue weighted by Gasteiger charge is 2.33. The fraction of sp³-hybridized carbons (Fsp3) is 0.436. The third-order valence-corrected chi connectivity index (χ3v) is 13.0. The van der Waals surface area contributed by atoms with Crippen LogP contribution in [0.5, 0.6) is 17.2 Å². The van der Waals surface area contributed by atoms with Crippen LogP contribution in [-0.4, -0.2) is 156 Å². The Bertz CT molecular complexity index is 3360. The molecule has 3 atom stereocenters. The molecule has 36 heteroatoms. The van der Waals surface area contributed by atoms with E-state index in [-0.39, 0.29) is 52.6 Å². The molecule has 6 rings (SSSR count). The molecule has 0 fully saturated rings. The summed E-state index contributed by atoms with van der Waals surface area (Å²) in [6.45, 7) is 15.1. The van der Waals surface area contributed by atoms with Crippen molar-refractivity contribution in [1.29, 1.82) is 0 Å². The molecule has 91 heavy (non-hydrogen) atoms. The number of nitrogens with zero attached hydrogens (tertiary/aromatic N) is 6. The molecule has 1 aromatic heterocycles. The molecule has 4 aromatic carbocycles. The van der Waals surface area contributed by atoms with Crippen molar-refractivity contribution in [1.82, 2.24) is 25.0 Å². The number of benzene rings is 4. The number of hydrogen-bond donors (Lipinski definition) is 6. The van der Waals surface area contributed by atoms with Crippen LogP contribution >= 0.6 is 65.6 Å². The summed E-state index contributed by atoms with van der Waals surface area (Å²) in [4.78, 5) is 88.3. The SMILES string of the molecule is CC1COc2ccccc2N1C(=O)C(Cl)Cl.CCNc1nc(Cl)nc(NC(C)C)n1.CCc1cccc(C)c1N(C(=O)CCl)C(C)COC.CS(=O)(=O)NC(=O)c1cc(Oc2ccc(C(F)(F)F)cc2Cl)ccc1[N+](=O)[O-].C[S+](C)C.O=C(O)CNCP(=O)([O-])O. The molecule has 3 amide bonds. The first-order valence-corrected chi connectivity index (χ1v) is 35.0. The Morgan fingerprint density at radius 2 is 1.59 bits per heavy atom. The number of sulfonamides is 1. The van der Waals surface area contributed by atoms with E-state index in [2.05, 4.69) is 57.3 Å². The topological polar surface area (TPSA) is 347 Å². The van der Waals surface area contributed by atoms with Crippen LogP contribution in [0.4, 0.5) is 42.1 Å². The molecule has 0 radical (unpaired) electrons. The third-order valence-electron chi connectivity index (χ3n) is 10.8. The van der Waals surface area contributed by atoms with Gasteiger partial charge in [-0.25, -0.2) is 13.1 Å². The molecule has 0 aliphatic carbocycles. The van der Waals surface area contributed by atoms with Gasteiger partial charge in [-0.1, -0.05) is 72.1 Å². The van der Waals surface area contributed by atoms with Gasteiger partial charge in [0.2, 0.25) is 33.1 Å². The van der Waals surface area contributed by atoms with Gasteiger partial charge in [0, 0.05) is 31.8 Å². The van der Waals surface area contributed by atoms with Gasteiger partial charge in [-0.05, 0) is 118 Å². The van der Waals surface area contributed by atoms with Crippen molar-refractivity contribution in [3.63, 3.8) is 0 Å². The van der Waals surface area contributed by atoms with E-state index in [1.54, 1.807) is 21.6 Å². The average molecular weight is 1440 g/mol. The van der Waals surface area contributed by atoms with Gasteiger partial charge in [0.15, 0.2) is 4.84 Å². The van der Waals surface area contributed by atoms with Crippen LogP contribution < -0.4 is 44.8 Å². The zero-order valence-electron chi connectivity index (χ0n) is 51.4. The van der Waals surface area contributed by atoms with Gasteiger partial charge in [0.1, 0.15) is 42.9 Å². The van der Waals surface area contributed by atoms with Crippen molar-refractivity contribution in [3.8, 4) is 17.2 Å². The van der Waals surface area contributed by atoms with Gasteiger partial charge in [-0.2, -0.15) is 28.1 Å². The Labute approximate surface area is 554 Å². The van der Waals surface area contributed by atoms with E-state index >= 15 is 0 Å². The highest BCUT2D eigenvalue weighted by Crippen LogP contribution is 2.38. The summed E-state index contributed by atoms with van der Waals surface area (Å²) < 4.78 is 87.9. The minimum atomic E-state index is -4.62. The molecule has 506 valence electrons. The van der Waals surface area contributed by atoms with Crippen LogP contribution in [-0.2, 0) is 57.2 Å². The molecule has 0 saturated heterocycles. The number of methoxy groups -OCH3 is 1. The number of aliphatic carboxylic acids is 1. The number of carbonyl (C=O) groups is 4. The van der Waals surface area contributed by atoms with E-state index in [4.69, 9.17) is 82.2 Å². The number of nitro groups is 1. The van der Waals surface area contributed by atoms with E-state index < -0.39 is 80.1 Å². The van der Waals surface area contributed by atoms with Crippen LogP contribution in [0.3, 0.4) is 0 Å². The summed E-state index contributed by atoms with van der Waals surface area (Å²) in [6, 6.07) is 18.7. The maximum absolute atomic E-state index is 12.7. The van der Waals surface area contributed by atoms with Gasteiger partial charge in [0.25, 0.3) is 17.5 Å². The molecule has 0 saturated carbocycles. The molecule has 1 aliphatic heterocycles. The summed E-state index contributed by atoms with van der Waals surface area (Å²) in [6.07, 6.45) is 2.81. The summed E-state index contributed by atoms with van der Waals surface area (Å²) in [5.41, 5.74) is 1.59. The fourth-order valence-corrected chi connectivity index (χ4v) is 8.87. The van der Waals surface area contributed by atoms with Crippen LogP contribution in [0.15, 0.2) is 78.9 Å². The minimum absolute atomic E-state index is 0.0223. The Balaban J connectivity index is 0.000000582. The van der Waals surface area contributed by atoms with E-state index in [9.17, 15) is 60.3 Å². The van der Waals surface area contributed by atoms with E-state index in [1.807, 2.05) is 83.3 Å². The van der Waals surface area contributed by atoms with Crippen LogP contribution in [0.2, 0.25) is 10.3 Å². The van der Waals surface area contributed by atoms with E-state index in [1.165, 1.54) is 0 Å². The molecule has 25 nitrogen and oxygen atoms in total. The number of aryl methyl sites for hydroxylation is 2. The maximum Gasteiger partial charge on any atom is 0.416 e. The predicted octanol–water partition coefficient (Wildman–Crippen LogP) is 9.95. The summed E-state index contributed by atoms with van der Waals surface area (Å²) >= 11 is 28.5. The van der Waals surface area contributed by atoms with Gasteiger partial charge in [-0.15, -0.1) is 11.6 Å². The van der Waals surface area contributed by atoms with Crippen molar-refractivity contribution in [2.24, 2.45) is 0 Å². The van der Waals surface area contributed by atoms with E-state index in [0.29, 0.717) is 60.1 Å². The fourth-order valence-electron chi connectivity index (χ4n) is 7.31. The maximum atomic E-state index is 12.7. The number of anilines is 4. The Morgan fingerprint density at radius 3 is 2.10 bits per heavy atom. The number of aromatic nitrogens is 3. The first kappa shape index (κ1) is 83.0. The Morgan fingerprint density at radius 1 is 0.978 bits per heavy atom. The molecule has 3 unspecified atom stereocenters. The van der Waals surface area contributed by atoms with E-state index in [0.717, 1.165) is 59.7 Å². The van der Waals surface area contributed by atoms with Gasteiger partial charge >= 0.3 is 12.1 Å². The highest BCUT2D eigenvalue weighted by molar-refractivity contribution is 7.94. The molecule has 2 heterocycles. The minimum Gasteiger partial charge on any atom is -0.778 e. The molecule has 0 spiro atoms. The predicted molar refractivity (Wildman–Crippen MR) is 350 cm³/mol. The highest BCUT2D eigenvalue weighted by atomic mass is 35.5. The smallest absolute Gasteiger partial charge is 0.416 e. The number of nitrogens with one attached hydrogen (secondary N) is 4. The number of carboxylic acid groups (broad SMARTS) is 1. The molecular formula is C55H73Cl5F3N10O15PS2. The normalized spacial score (nSPS) is 13.3. The second-order valence-corrected chi connectivity index (χ2v) is 27.5. The zero-order valence-corrected chi connectivity index (χ0v) is 57.7. The number of ether oxygens (including phenoxy) is 3. The van der Waals surface area contributed by atoms with Crippen molar-refractivity contribution < 1.29 is 79.4 Å². The second-order valence-electron chi connectivity index (χ2n) is 19.6. The van der Waals surface area contributed by atoms with Gasteiger partial charge in [-0.3, -0.25) is 34.6 Å². The molecule has 5 aromatic rings. The van der Waals surface area contributed by atoms with Crippen LogP contribution in [0.25, 0.3) is 0 Å². The molecule has 6 N–H and O–H groups in total. The number of halogens is 8. The van der Waals surface area contributed by atoms with Gasteiger partial charge in [0.05, 0.1) is 83.4 Å². The number of carboxylic acids is 1. The van der Waals surface area contributed by atoms with Crippen molar-refractivity contribution >= 4 is 139 Å². The summed E-state index contributed by atoms with van der Waals surface area (Å²) in [7, 11) is -6.07.